The molecule has 3 heterocycles. The summed E-state index contributed by atoms with van der Waals surface area (Å²) < 4.78 is 39.6. The van der Waals surface area contributed by atoms with Crippen molar-refractivity contribution in [2.24, 2.45) is 0 Å². The van der Waals surface area contributed by atoms with Gasteiger partial charge in [-0.15, -0.1) is 0 Å². The van der Waals surface area contributed by atoms with Gasteiger partial charge in [0.1, 0.15) is 5.56 Å². The summed E-state index contributed by atoms with van der Waals surface area (Å²) in [6.45, 7) is 1.62. The number of benzene rings is 3. The zero-order chi connectivity index (χ0) is 37.5. The van der Waals surface area contributed by atoms with E-state index in [2.05, 4.69) is 30.5 Å². The fraction of sp³-hybridized carbons (Fsp3) is 0.211. The van der Waals surface area contributed by atoms with Crippen molar-refractivity contribution in [2.45, 2.75) is 42.9 Å². The van der Waals surface area contributed by atoms with Crippen molar-refractivity contribution >= 4 is 40.9 Å². The van der Waals surface area contributed by atoms with Gasteiger partial charge in [0, 0.05) is 60.2 Å². The second kappa shape index (κ2) is 16.2. The molecule has 3 aromatic carbocycles. The number of alkyl halides is 3. The van der Waals surface area contributed by atoms with E-state index in [4.69, 9.17) is 5.11 Å². The van der Waals surface area contributed by atoms with Crippen LogP contribution < -0.4 is 21.1 Å². The highest BCUT2D eigenvalue weighted by atomic mass is 32.2. The maximum Gasteiger partial charge on any atom is 0.416 e. The molecule has 2 aromatic heterocycles. The molecule has 1 aliphatic heterocycles. The second-order valence-corrected chi connectivity index (χ2v) is 13.2. The van der Waals surface area contributed by atoms with Crippen LogP contribution in [-0.2, 0) is 18.5 Å². The monoisotopic (exact) mass is 742 g/mol. The van der Waals surface area contributed by atoms with Gasteiger partial charge in [0.05, 0.1) is 16.9 Å². The molecule has 0 atom stereocenters. The van der Waals surface area contributed by atoms with Crippen LogP contribution in [0.3, 0.4) is 0 Å². The van der Waals surface area contributed by atoms with Crippen LogP contribution in [0, 0.1) is 0 Å². The lowest BCUT2D eigenvalue weighted by Crippen LogP contribution is -2.29. The Morgan fingerprint density at radius 2 is 1.62 bits per heavy atom. The zero-order valence-electron chi connectivity index (χ0n) is 28.1. The summed E-state index contributed by atoms with van der Waals surface area (Å²) in [7, 11) is 0. The summed E-state index contributed by atoms with van der Waals surface area (Å²) in [6, 6.07) is 20.4. The van der Waals surface area contributed by atoms with Gasteiger partial charge >= 0.3 is 12.1 Å². The molecule has 0 unspecified atom stereocenters. The van der Waals surface area contributed by atoms with Crippen LogP contribution in [0.1, 0.15) is 67.0 Å². The number of nitrogens with zero attached hydrogens (tertiary/aromatic N) is 3. The number of aromatic nitrogens is 3. The lowest BCUT2D eigenvalue weighted by molar-refractivity contribution is -0.137. The lowest BCUT2D eigenvalue weighted by Gasteiger charge is -2.29. The molecule has 0 aliphatic carbocycles. The number of halogens is 3. The summed E-state index contributed by atoms with van der Waals surface area (Å²) in [6.07, 6.45) is 1.19. The van der Waals surface area contributed by atoms with Crippen LogP contribution in [-0.4, -0.2) is 50.9 Å². The Morgan fingerprint density at radius 3 is 2.38 bits per heavy atom. The van der Waals surface area contributed by atoms with E-state index in [0.717, 1.165) is 61.9 Å². The minimum Gasteiger partial charge on any atom is -0.477 e. The second-order valence-electron chi connectivity index (χ2n) is 12.3. The Labute approximate surface area is 305 Å². The molecule has 1 fully saturated rings. The molecule has 1 saturated heterocycles. The predicted octanol–water partition coefficient (Wildman–Crippen LogP) is 7.01. The Kier molecular flexibility index (Phi) is 11.2. The van der Waals surface area contributed by atoms with Gasteiger partial charge in [0.15, 0.2) is 5.16 Å². The van der Waals surface area contributed by atoms with Crippen molar-refractivity contribution in [3.8, 4) is 11.3 Å². The van der Waals surface area contributed by atoms with Crippen molar-refractivity contribution < 1.29 is 32.7 Å². The van der Waals surface area contributed by atoms with Crippen LogP contribution in [0.5, 0.6) is 0 Å². The maximum atomic E-state index is 13.6. The number of nitrogens with one attached hydrogen (secondary N) is 3. The molecule has 0 spiro atoms. The van der Waals surface area contributed by atoms with Crippen molar-refractivity contribution in [2.75, 3.05) is 23.3 Å². The molecule has 0 saturated carbocycles. The van der Waals surface area contributed by atoms with Gasteiger partial charge < -0.3 is 25.6 Å². The van der Waals surface area contributed by atoms with E-state index >= 15 is 0 Å². The van der Waals surface area contributed by atoms with Crippen LogP contribution in [0.15, 0.2) is 101 Å². The third-order valence-electron chi connectivity index (χ3n) is 8.55. The molecule has 53 heavy (non-hydrogen) atoms. The summed E-state index contributed by atoms with van der Waals surface area (Å²) in [4.78, 5) is 63.2. The molecular weight excluding hydrogens is 710 g/mol. The smallest absolute Gasteiger partial charge is 0.416 e. The van der Waals surface area contributed by atoms with Gasteiger partial charge in [-0.2, -0.15) is 13.2 Å². The van der Waals surface area contributed by atoms with Crippen molar-refractivity contribution in [1.29, 1.82) is 0 Å². The zero-order valence-corrected chi connectivity index (χ0v) is 28.9. The first-order valence-electron chi connectivity index (χ1n) is 16.6. The number of aromatic amines is 1. The first-order valence-corrected chi connectivity index (χ1v) is 17.6. The normalized spacial score (nSPS) is 13.0. The van der Waals surface area contributed by atoms with Gasteiger partial charge in [-0.1, -0.05) is 36.0 Å². The first-order chi connectivity index (χ1) is 25.4. The number of anilines is 2. The average Bonchev–Trinajstić information content (AvgIpc) is 3.16. The van der Waals surface area contributed by atoms with E-state index in [1.165, 1.54) is 36.2 Å². The number of aromatic carboxylic acids is 1. The molecule has 4 N–H and O–H groups in total. The Balaban J connectivity index is 1.22. The van der Waals surface area contributed by atoms with E-state index in [0.29, 0.717) is 33.8 Å². The molecule has 15 heteroatoms. The minimum absolute atomic E-state index is 0.116. The van der Waals surface area contributed by atoms with Gasteiger partial charge in [-0.3, -0.25) is 19.4 Å². The van der Waals surface area contributed by atoms with Crippen molar-refractivity contribution in [3.05, 3.63) is 135 Å². The average molecular weight is 743 g/mol. The lowest BCUT2D eigenvalue weighted by atomic mass is 10.0. The van der Waals surface area contributed by atoms with Crippen LogP contribution >= 0.6 is 11.8 Å². The quantitative estimate of drug-likeness (QED) is 0.0826. The summed E-state index contributed by atoms with van der Waals surface area (Å²) in [5.74, 6) is -1.95. The highest BCUT2D eigenvalue weighted by molar-refractivity contribution is 7.98. The van der Waals surface area contributed by atoms with Gasteiger partial charge in [-0.25, -0.2) is 9.78 Å². The number of pyridine rings is 1. The van der Waals surface area contributed by atoms with Crippen LogP contribution in [0.25, 0.3) is 11.3 Å². The molecule has 1 aliphatic rings. The largest absolute Gasteiger partial charge is 0.477 e. The number of amides is 2. The van der Waals surface area contributed by atoms with Gasteiger partial charge in [-0.05, 0) is 85.0 Å². The first kappa shape index (κ1) is 36.8. The van der Waals surface area contributed by atoms with Crippen molar-refractivity contribution in [1.82, 2.24) is 20.3 Å². The number of thioether (sulfide) groups is 1. The fourth-order valence-electron chi connectivity index (χ4n) is 5.82. The highest BCUT2D eigenvalue weighted by Crippen LogP contribution is 2.34. The summed E-state index contributed by atoms with van der Waals surface area (Å²) in [5, 5.41) is 15.0. The molecule has 2 amide bonds. The molecule has 0 bridgehead atoms. The third kappa shape index (κ3) is 9.29. The van der Waals surface area contributed by atoms with Gasteiger partial charge in [0.2, 0.25) is 0 Å². The highest BCUT2D eigenvalue weighted by Gasteiger charge is 2.30. The number of carbonyl (C=O) groups excluding carboxylic acids is 2. The fourth-order valence-corrected chi connectivity index (χ4v) is 6.59. The molecule has 0 radical (unpaired) electrons. The van der Waals surface area contributed by atoms with Crippen LogP contribution in [0.4, 0.5) is 24.5 Å². The van der Waals surface area contributed by atoms with Gasteiger partial charge in [0.25, 0.3) is 17.4 Å². The molecular formula is C38H33F3N6O5S. The standard InChI is InChI=1S/C38H33F3N6O5S/c39-38(40,41)27-9-5-6-23(17-27)20-43-33(48)26-12-13-42-32(18-26)29-19-28(47-14-2-1-3-15-47)10-11-31(29)45-34(49)25-8-4-7-24(16-25)22-53-37-44-21-30(36(51)52)35(50)46-37/h4-13,16-19,21H,1-3,14-15,20,22H2,(H,43,48)(H,45,49)(H,51,52)(H,44,46,50). The number of rotatable bonds is 11. The van der Waals surface area contributed by atoms with E-state index < -0.39 is 40.6 Å². The summed E-state index contributed by atoms with van der Waals surface area (Å²) in [5.41, 5.74) is 1.97. The van der Waals surface area contributed by atoms with E-state index in [9.17, 15) is 32.3 Å². The Hall–Kier alpha value is -5.96. The number of carbonyl (C=O) groups is 3. The third-order valence-corrected chi connectivity index (χ3v) is 9.51. The molecule has 5 aromatic rings. The summed E-state index contributed by atoms with van der Waals surface area (Å²) >= 11 is 1.17. The van der Waals surface area contributed by atoms with Crippen LogP contribution in [0.2, 0.25) is 0 Å². The molecule has 6 rings (SSSR count). The number of H-pyrrole nitrogens is 1. The van der Waals surface area contributed by atoms with E-state index in [1.807, 2.05) is 12.1 Å². The topological polar surface area (TPSA) is 157 Å². The maximum absolute atomic E-state index is 13.6. The number of piperidine rings is 1. The Bertz CT molecular complexity index is 2220. The number of carboxylic acids is 1. The number of hydrogen-bond acceptors (Lipinski definition) is 8. The SMILES string of the molecule is O=C(NCc1cccc(C(F)(F)F)c1)c1ccnc(-c2cc(N3CCCCC3)ccc2NC(=O)c2cccc(CSc3ncc(C(=O)O)c(=O)[nH]3)c2)c1. The van der Waals surface area contributed by atoms with E-state index in [1.54, 1.807) is 36.4 Å². The predicted molar refractivity (Wildman–Crippen MR) is 194 cm³/mol. The number of carboxylic acid groups (broad SMARTS) is 1. The number of hydrogen-bond donors (Lipinski definition) is 4. The van der Waals surface area contributed by atoms with Crippen molar-refractivity contribution in [3.63, 3.8) is 0 Å². The van der Waals surface area contributed by atoms with E-state index in [-0.39, 0.29) is 17.3 Å². The Morgan fingerprint density at radius 1 is 0.868 bits per heavy atom. The molecule has 272 valence electrons. The molecule has 11 nitrogen and oxygen atoms in total. The minimum atomic E-state index is -4.50.